The van der Waals surface area contributed by atoms with Crippen LogP contribution in [0.4, 0.5) is 17.1 Å². The van der Waals surface area contributed by atoms with Crippen molar-refractivity contribution in [1.82, 2.24) is 14.9 Å². The van der Waals surface area contributed by atoms with E-state index in [1.807, 2.05) is 36.4 Å². The average Bonchev–Trinajstić information content (AvgIpc) is 3.70. The molecule has 3 aromatic rings. The van der Waals surface area contributed by atoms with Crippen LogP contribution in [0.1, 0.15) is 50.3 Å². The minimum Gasteiger partial charge on any atom is -0.381 e. The monoisotopic (exact) mass is 522 g/mol. The smallest absolute Gasteiger partial charge is 0.256 e. The second-order valence-electron chi connectivity index (χ2n) is 10.6. The summed E-state index contributed by atoms with van der Waals surface area (Å²) in [6.45, 7) is 5.80. The molecule has 1 saturated heterocycles. The van der Waals surface area contributed by atoms with Crippen molar-refractivity contribution in [3.05, 3.63) is 71.8 Å². The van der Waals surface area contributed by atoms with Crippen molar-refractivity contribution in [3.63, 3.8) is 0 Å². The summed E-state index contributed by atoms with van der Waals surface area (Å²) in [5, 5.41) is 9.52. The maximum atomic E-state index is 13.7. The lowest BCUT2D eigenvalue weighted by molar-refractivity contribution is -0.117. The SMILES string of the molecule is CCC1=C(C(=O)Nc2ccc(CN3CCCC3)nc2)c2cc(-c3cncc(NC(=O)C4CC4)c3)ccc2NC1. The second kappa shape index (κ2) is 11.0. The molecule has 1 saturated carbocycles. The van der Waals surface area contributed by atoms with E-state index in [1.54, 1.807) is 18.6 Å². The first kappa shape index (κ1) is 25.2. The normalized spacial score (nSPS) is 16.9. The molecule has 0 bridgehead atoms. The second-order valence-corrected chi connectivity index (χ2v) is 10.6. The highest BCUT2D eigenvalue weighted by molar-refractivity contribution is 6.28. The predicted molar refractivity (Wildman–Crippen MR) is 154 cm³/mol. The molecule has 4 heterocycles. The van der Waals surface area contributed by atoms with Crippen LogP contribution in [0.2, 0.25) is 0 Å². The Labute approximate surface area is 228 Å². The van der Waals surface area contributed by atoms with E-state index in [0.29, 0.717) is 23.5 Å². The van der Waals surface area contributed by atoms with Crippen molar-refractivity contribution in [1.29, 1.82) is 0 Å². The minimum absolute atomic E-state index is 0.0524. The Morgan fingerprint density at radius 2 is 1.82 bits per heavy atom. The molecule has 0 radical (unpaired) electrons. The van der Waals surface area contributed by atoms with E-state index < -0.39 is 0 Å². The Morgan fingerprint density at radius 3 is 2.56 bits per heavy atom. The molecule has 6 rings (SSSR count). The van der Waals surface area contributed by atoms with E-state index in [-0.39, 0.29) is 17.7 Å². The zero-order valence-electron chi connectivity index (χ0n) is 22.3. The van der Waals surface area contributed by atoms with Crippen molar-refractivity contribution in [2.45, 2.75) is 45.6 Å². The third-order valence-electron chi connectivity index (χ3n) is 7.74. The molecular formula is C31H34N6O2. The number of nitrogens with zero attached hydrogens (tertiary/aromatic N) is 3. The molecule has 200 valence electrons. The van der Waals surface area contributed by atoms with E-state index in [1.165, 1.54) is 12.8 Å². The molecule has 2 amide bonds. The van der Waals surface area contributed by atoms with Crippen LogP contribution in [0.15, 0.2) is 60.6 Å². The van der Waals surface area contributed by atoms with Gasteiger partial charge in [0, 0.05) is 47.6 Å². The van der Waals surface area contributed by atoms with Gasteiger partial charge in [-0.05, 0) is 86.7 Å². The van der Waals surface area contributed by atoms with Crippen LogP contribution in [0.5, 0.6) is 0 Å². The van der Waals surface area contributed by atoms with Gasteiger partial charge in [0.25, 0.3) is 5.91 Å². The number of rotatable bonds is 8. The molecular weight excluding hydrogens is 488 g/mol. The average molecular weight is 523 g/mol. The Balaban J connectivity index is 1.23. The highest BCUT2D eigenvalue weighted by Crippen LogP contribution is 2.37. The number of anilines is 3. The van der Waals surface area contributed by atoms with Crippen LogP contribution < -0.4 is 16.0 Å². The number of carbonyl (C=O) groups excluding carboxylic acids is 2. The zero-order chi connectivity index (χ0) is 26.8. The van der Waals surface area contributed by atoms with Gasteiger partial charge in [-0.2, -0.15) is 0 Å². The topological polar surface area (TPSA) is 99.2 Å². The molecule has 8 heteroatoms. The van der Waals surface area contributed by atoms with Gasteiger partial charge in [0.15, 0.2) is 0 Å². The number of hydrogen-bond acceptors (Lipinski definition) is 6. The lowest BCUT2D eigenvalue weighted by Gasteiger charge is -2.25. The number of pyridine rings is 2. The fourth-order valence-corrected chi connectivity index (χ4v) is 5.36. The van der Waals surface area contributed by atoms with Gasteiger partial charge in [-0.25, -0.2) is 0 Å². The van der Waals surface area contributed by atoms with E-state index in [2.05, 4.69) is 37.7 Å². The summed E-state index contributed by atoms with van der Waals surface area (Å²) < 4.78 is 0. The van der Waals surface area contributed by atoms with Crippen LogP contribution >= 0.6 is 0 Å². The van der Waals surface area contributed by atoms with E-state index in [4.69, 9.17) is 0 Å². The largest absolute Gasteiger partial charge is 0.381 e. The molecule has 3 aliphatic rings. The number of amides is 2. The molecule has 3 N–H and O–H groups in total. The lowest BCUT2D eigenvalue weighted by atomic mass is 9.90. The van der Waals surface area contributed by atoms with Gasteiger partial charge in [-0.15, -0.1) is 0 Å². The highest BCUT2D eigenvalue weighted by Gasteiger charge is 2.30. The van der Waals surface area contributed by atoms with Gasteiger partial charge < -0.3 is 16.0 Å². The third-order valence-corrected chi connectivity index (χ3v) is 7.74. The number of nitrogens with one attached hydrogen (secondary N) is 3. The first-order valence-electron chi connectivity index (χ1n) is 13.9. The first-order valence-corrected chi connectivity index (χ1v) is 13.9. The fourth-order valence-electron chi connectivity index (χ4n) is 5.36. The van der Waals surface area contributed by atoms with Crippen LogP contribution in [0, 0.1) is 5.92 Å². The maximum Gasteiger partial charge on any atom is 0.256 e. The number of hydrogen-bond donors (Lipinski definition) is 3. The van der Waals surface area contributed by atoms with Gasteiger partial charge in [-0.3, -0.25) is 24.5 Å². The molecule has 1 aliphatic carbocycles. The Hall–Kier alpha value is -4.04. The summed E-state index contributed by atoms with van der Waals surface area (Å²) in [6, 6.07) is 11.9. The Morgan fingerprint density at radius 1 is 0.974 bits per heavy atom. The summed E-state index contributed by atoms with van der Waals surface area (Å²) in [6.07, 6.45) is 10.4. The third kappa shape index (κ3) is 5.71. The first-order chi connectivity index (χ1) is 19.1. The van der Waals surface area contributed by atoms with Crippen LogP contribution in [-0.2, 0) is 16.1 Å². The van der Waals surface area contributed by atoms with Gasteiger partial charge >= 0.3 is 0 Å². The predicted octanol–water partition coefficient (Wildman–Crippen LogP) is 5.32. The van der Waals surface area contributed by atoms with Crippen molar-refractivity contribution >= 4 is 34.4 Å². The van der Waals surface area contributed by atoms with Crippen molar-refractivity contribution in [2.24, 2.45) is 5.92 Å². The van der Waals surface area contributed by atoms with Gasteiger partial charge in [0.05, 0.1) is 29.5 Å². The molecule has 0 atom stereocenters. The summed E-state index contributed by atoms with van der Waals surface area (Å²) >= 11 is 0. The molecule has 2 aliphatic heterocycles. The van der Waals surface area contributed by atoms with Gasteiger partial charge in [0.1, 0.15) is 0 Å². The number of benzene rings is 1. The molecule has 0 unspecified atom stereocenters. The maximum absolute atomic E-state index is 13.7. The molecule has 2 aromatic heterocycles. The molecule has 8 nitrogen and oxygen atoms in total. The van der Waals surface area contributed by atoms with Crippen molar-refractivity contribution in [3.8, 4) is 11.1 Å². The molecule has 2 fully saturated rings. The Bertz CT molecular complexity index is 1420. The Kier molecular flexibility index (Phi) is 7.11. The van der Waals surface area contributed by atoms with E-state index >= 15 is 0 Å². The van der Waals surface area contributed by atoms with Crippen LogP contribution in [0.3, 0.4) is 0 Å². The quantitative estimate of drug-likeness (QED) is 0.371. The highest BCUT2D eigenvalue weighted by atomic mass is 16.2. The summed E-state index contributed by atoms with van der Waals surface area (Å²) in [5.74, 6) is 0.0414. The van der Waals surface area contributed by atoms with Crippen LogP contribution in [-0.4, -0.2) is 46.3 Å². The summed E-state index contributed by atoms with van der Waals surface area (Å²) in [4.78, 5) is 37.3. The fraction of sp³-hybridized carbons (Fsp3) is 0.355. The summed E-state index contributed by atoms with van der Waals surface area (Å²) in [5.41, 5.74) is 7.74. The van der Waals surface area contributed by atoms with E-state index in [0.717, 1.165) is 72.5 Å². The van der Waals surface area contributed by atoms with Crippen LogP contribution in [0.25, 0.3) is 16.7 Å². The van der Waals surface area contributed by atoms with Gasteiger partial charge in [-0.1, -0.05) is 13.0 Å². The number of carbonyl (C=O) groups is 2. The molecule has 0 spiro atoms. The number of fused-ring (bicyclic) bond motifs is 1. The standard InChI is InChI=1S/C31H34N6O2/c1-2-20-16-34-28-10-7-22(23-13-26(17-32-15-23)36-30(38)21-5-6-21)14-27(28)29(20)31(39)35-24-8-9-25(33-18-24)19-37-11-3-4-12-37/h7-10,13-15,17-18,21,34H,2-6,11-12,16,19H2,1H3,(H,35,39)(H,36,38). The van der Waals surface area contributed by atoms with Crippen molar-refractivity contribution in [2.75, 3.05) is 35.6 Å². The zero-order valence-corrected chi connectivity index (χ0v) is 22.3. The number of likely N-dealkylation sites (tertiary alicyclic amines) is 1. The summed E-state index contributed by atoms with van der Waals surface area (Å²) in [7, 11) is 0. The van der Waals surface area contributed by atoms with E-state index in [9.17, 15) is 9.59 Å². The minimum atomic E-state index is -0.135. The van der Waals surface area contributed by atoms with Crippen molar-refractivity contribution < 1.29 is 9.59 Å². The molecule has 1 aromatic carbocycles. The van der Waals surface area contributed by atoms with Gasteiger partial charge in [0.2, 0.25) is 5.91 Å². The number of aromatic nitrogens is 2. The lowest BCUT2D eigenvalue weighted by Crippen LogP contribution is -2.23. The molecule has 39 heavy (non-hydrogen) atoms.